The topological polar surface area (TPSA) is 66.5 Å². The zero-order valence-corrected chi connectivity index (χ0v) is 14.7. The van der Waals surface area contributed by atoms with E-state index in [9.17, 15) is 14.4 Å². The lowest BCUT2D eigenvalue weighted by molar-refractivity contribution is -0.123. The van der Waals surface area contributed by atoms with Crippen LogP contribution in [0.4, 0.5) is 0 Å². The molecule has 24 heavy (non-hydrogen) atoms. The fourth-order valence-corrected chi connectivity index (χ4v) is 3.00. The Morgan fingerprint density at radius 2 is 1.62 bits per heavy atom. The average Bonchev–Trinajstić information content (AvgIpc) is 2.77. The molecule has 0 spiro atoms. The van der Waals surface area contributed by atoms with Gasteiger partial charge in [0.05, 0.1) is 11.1 Å². The first-order chi connectivity index (χ1) is 11.4. The summed E-state index contributed by atoms with van der Waals surface area (Å²) in [7, 11) is 0. The molecule has 3 amide bonds. The maximum absolute atomic E-state index is 12.3. The van der Waals surface area contributed by atoms with Crippen LogP contribution < -0.4 is 5.32 Å². The summed E-state index contributed by atoms with van der Waals surface area (Å²) in [4.78, 5) is 37.9. The van der Waals surface area contributed by atoms with Crippen LogP contribution in [-0.2, 0) is 4.79 Å². The van der Waals surface area contributed by atoms with Crippen molar-refractivity contribution in [2.24, 2.45) is 0 Å². The number of benzene rings is 1. The zero-order valence-electron chi connectivity index (χ0n) is 14.7. The molecule has 0 saturated carbocycles. The SMILES string of the molecule is CCCCCCC(C)(C)NC(=O)CN1C(=O)c2ccccc2C1=O. The van der Waals surface area contributed by atoms with E-state index in [-0.39, 0.29) is 18.0 Å². The van der Waals surface area contributed by atoms with Crippen LogP contribution in [0, 0.1) is 0 Å². The minimum atomic E-state index is -0.397. The van der Waals surface area contributed by atoms with Crippen molar-refractivity contribution >= 4 is 17.7 Å². The second-order valence-corrected chi connectivity index (χ2v) is 6.98. The standard InChI is InChI=1S/C19H26N2O3/c1-4-5-6-9-12-19(2,3)20-16(22)13-21-17(23)14-10-7-8-11-15(14)18(21)24/h7-8,10-11H,4-6,9,12-13H2,1-3H3,(H,20,22). The Hall–Kier alpha value is -2.17. The van der Waals surface area contributed by atoms with E-state index in [0.29, 0.717) is 11.1 Å². The maximum Gasteiger partial charge on any atom is 0.262 e. The highest BCUT2D eigenvalue weighted by molar-refractivity contribution is 6.22. The van der Waals surface area contributed by atoms with Gasteiger partial charge in [-0.25, -0.2) is 0 Å². The molecule has 0 bridgehead atoms. The predicted octanol–water partition coefficient (Wildman–Crippen LogP) is 3.15. The van der Waals surface area contributed by atoms with Crippen molar-refractivity contribution in [3.8, 4) is 0 Å². The Morgan fingerprint density at radius 3 is 2.17 bits per heavy atom. The predicted molar refractivity (Wildman–Crippen MR) is 92.8 cm³/mol. The minimum Gasteiger partial charge on any atom is -0.350 e. The molecule has 1 heterocycles. The molecule has 1 aromatic carbocycles. The molecule has 2 rings (SSSR count). The molecule has 1 N–H and O–H groups in total. The first kappa shape index (κ1) is 18.2. The van der Waals surface area contributed by atoms with Crippen molar-refractivity contribution in [1.29, 1.82) is 0 Å². The lowest BCUT2D eigenvalue weighted by atomic mass is 9.96. The van der Waals surface area contributed by atoms with E-state index in [1.807, 2.05) is 13.8 Å². The summed E-state index contributed by atoms with van der Waals surface area (Å²) in [5.41, 5.74) is 0.395. The van der Waals surface area contributed by atoms with Gasteiger partial charge < -0.3 is 5.32 Å². The molecule has 0 radical (unpaired) electrons. The van der Waals surface area contributed by atoms with Crippen LogP contribution in [0.15, 0.2) is 24.3 Å². The number of carbonyl (C=O) groups is 3. The van der Waals surface area contributed by atoms with E-state index < -0.39 is 11.8 Å². The van der Waals surface area contributed by atoms with Crippen molar-refractivity contribution in [2.45, 2.75) is 58.4 Å². The van der Waals surface area contributed by atoms with Gasteiger partial charge in [-0.1, -0.05) is 44.7 Å². The maximum atomic E-state index is 12.3. The first-order valence-electron chi connectivity index (χ1n) is 8.62. The molecule has 0 aromatic heterocycles. The number of nitrogens with zero attached hydrogens (tertiary/aromatic N) is 1. The Bertz CT molecular complexity index is 602. The van der Waals surface area contributed by atoms with Crippen LogP contribution in [0.3, 0.4) is 0 Å². The van der Waals surface area contributed by atoms with Crippen molar-refractivity contribution in [3.63, 3.8) is 0 Å². The van der Waals surface area contributed by atoms with Gasteiger partial charge in [0.25, 0.3) is 11.8 Å². The molecule has 5 nitrogen and oxygen atoms in total. The van der Waals surface area contributed by atoms with Gasteiger partial charge in [0.15, 0.2) is 0 Å². The van der Waals surface area contributed by atoms with Crippen molar-refractivity contribution in [2.75, 3.05) is 6.54 Å². The number of imide groups is 1. The third kappa shape index (κ3) is 4.22. The molecule has 0 atom stereocenters. The smallest absolute Gasteiger partial charge is 0.262 e. The highest BCUT2D eigenvalue weighted by Crippen LogP contribution is 2.22. The van der Waals surface area contributed by atoms with E-state index in [1.165, 1.54) is 12.8 Å². The largest absolute Gasteiger partial charge is 0.350 e. The molecule has 1 aromatic rings. The molecule has 0 fully saturated rings. The quantitative estimate of drug-likeness (QED) is 0.588. The van der Waals surface area contributed by atoms with Gasteiger partial charge in [-0.2, -0.15) is 0 Å². The Labute approximate surface area is 143 Å². The van der Waals surface area contributed by atoms with Gasteiger partial charge in [0.2, 0.25) is 5.91 Å². The first-order valence-corrected chi connectivity index (χ1v) is 8.62. The number of unbranched alkanes of at least 4 members (excludes halogenated alkanes) is 3. The van der Waals surface area contributed by atoms with Crippen LogP contribution >= 0.6 is 0 Å². The van der Waals surface area contributed by atoms with Gasteiger partial charge in [-0.3, -0.25) is 19.3 Å². The molecule has 5 heteroatoms. The lowest BCUT2D eigenvalue weighted by Gasteiger charge is -2.27. The third-order valence-corrected chi connectivity index (χ3v) is 4.31. The fraction of sp³-hybridized carbons (Fsp3) is 0.526. The van der Waals surface area contributed by atoms with Gasteiger partial charge in [-0.05, 0) is 32.4 Å². The highest BCUT2D eigenvalue weighted by atomic mass is 16.2. The summed E-state index contributed by atoms with van der Waals surface area (Å²) in [5.74, 6) is -1.09. The number of hydrogen-bond donors (Lipinski definition) is 1. The van der Waals surface area contributed by atoms with Crippen LogP contribution in [-0.4, -0.2) is 34.7 Å². The number of fused-ring (bicyclic) bond motifs is 1. The van der Waals surface area contributed by atoms with Crippen LogP contribution in [0.25, 0.3) is 0 Å². The minimum absolute atomic E-state index is 0.231. The molecular formula is C19H26N2O3. The molecule has 0 saturated heterocycles. The Balaban J connectivity index is 1.91. The summed E-state index contributed by atoms with van der Waals surface area (Å²) in [6.07, 6.45) is 5.44. The van der Waals surface area contributed by atoms with E-state index in [1.54, 1.807) is 24.3 Å². The second kappa shape index (κ2) is 7.60. The number of amides is 3. The van der Waals surface area contributed by atoms with E-state index in [4.69, 9.17) is 0 Å². The van der Waals surface area contributed by atoms with Gasteiger partial charge >= 0.3 is 0 Å². The number of carbonyl (C=O) groups excluding carboxylic acids is 3. The molecular weight excluding hydrogens is 304 g/mol. The third-order valence-electron chi connectivity index (χ3n) is 4.31. The van der Waals surface area contributed by atoms with Crippen LogP contribution in [0.2, 0.25) is 0 Å². The van der Waals surface area contributed by atoms with Crippen LogP contribution in [0.5, 0.6) is 0 Å². The van der Waals surface area contributed by atoms with Gasteiger partial charge in [0, 0.05) is 5.54 Å². The summed E-state index contributed by atoms with van der Waals surface area (Å²) in [6.45, 7) is 5.87. The van der Waals surface area contributed by atoms with Gasteiger partial charge in [-0.15, -0.1) is 0 Å². The normalized spacial score (nSPS) is 14.0. The monoisotopic (exact) mass is 330 g/mol. The Morgan fingerprint density at radius 1 is 1.04 bits per heavy atom. The highest BCUT2D eigenvalue weighted by Gasteiger charge is 2.36. The summed E-state index contributed by atoms with van der Waals surface area (Å²) in [6, 6.07) is 6.66. The number of nitrogens with one attached hydrogen (secondary N) is 1. The molecule has 0 unspecified atom stereocenters. The lowest BCUT2D eigenvalue weighted by Crippen LogP contribution is -2.48. The van der Waals surface area contributed by atoms with Crippen molar-refractivity contribution in [3.05, 3.63) is 35.4 Å². The molecule has 130 valence electrons. The second-order valence-electron chi connectivity index (χ2n) is 6.98. The number of hydrogen-bond acceptors (Lipinski definition) is 3. The van der Waals surface area contributed by atoms with Gasteiger partial charge in [0.1, 0.15) is 6.54 Å². The average molecular weight is 330 g/mol. The van der Waals surface area contributed by atoms with E-state index in [0.717, 1.165) is 24.2 Å². The summed E-state index contributed by atoms with van der Waals surface area (Å²) < 4.78 is 0. The molecule has 0 aliphatic carbocycles. The fourth-order valence-electron chi connectivity index (χ4n) is 3.00. The summed E-state index contributed by atoms with van der Waals surface area (Å²) >= 11 is 0. The van der Waals surface area contributed by atoms with E-state index >= 15 is 0 Å². The molecule has 1 aliphatic heterocycles. The van der Waals surface area contributed by atoms with Crippen molar-refractivity contribution < 1.29 is 14.4 Å². The molecule has 1 aliphatic rings. The van der Waals surface area contributed by atoms with E-state index in [2.05, 4.69) is 12.2 Å². The van der Waals surface area contributed by atoms with Crippen LogP contribution in [0.1, 0.15) is 73.6 Å². The number of rotatable bonds is 8. The Kier molecular flexibility index (Phi) is 5.75. The van der Waals surface area contributed by atoms with Crippen molar-refractivity contribution in [1.82, 2.24) is 10.2 Å². The zero-order chi connectivity index (χ0) is 17.7. The summed E-state index contributed by atoms with van der Waals surface area (Å²) in [5, 5.41) is 2.94.